The molecule has 0 bridgehead atoms. The summed E-state index contributed by atoms with van der Waals surface area (Å²) in [6.45, 7) is 1.05. The Labute approximate surface area is 117 Å². The summed E-state index contributed by atoms with van der Waals surface area (Å²) in [4.78, 5) is 28.3. The number of nitrogens with two attached hydrogens (primary N) is 3. The summed E-state index contributed by atoms with van der Waals surface area (Å²) >= 11 is 0. The van der Waals surface area contributed by atoms with Crippen LogP contribution in [0.5, 0.6) is 0 Å². The number of carbonyl (C=O) groups is 2. The van der Waals surface area contributed by atoms with Crippen LogP contribution in [0.3, 0.4) is 0 Å². The van der Waals surface area contributed by atoms with Crippen molar-refractivity contribution in [3.05, 3.63) is 0 Å². The SMILES string of the molecule is NC(=O)NCCC[C@H]1C(N)=N[C@@H](C(N)=O)CN1C1CC1. The van der Waals surface area contributed by atoms with Crippen molar-refractivity contribution >= 4 is 17.8 Å². The lowest BCUT2D eigenvalue weighted by Crippen LogP contribution is -2.55. The van der Waals surface area contributed by atoms with Gasteiger partial charge in [0.05, 0.1) is 6.04 Å². The minimum atomic E-state index is -0.546. The van der Waals surface area contributed by atoms with E-state index < -0.39 is 18.0 Å². The second-order valence-electron chi connectivity index (χ2n) is 5.35. The predicted molar refractivity (Wildman–Crippen MR) is 74.9 cm³/mol. The van der Waals surface area contributed by atoms with E-state index in [-0.39, 0.29) is 6.04 Å². The molecule has 1 aliphatic heterocycles. The molecule has 1 aliphatic carbocycles. The molecule has 2 rings (SSSR count). The number of amides is 3. The van der Waals surface area contributed by atoms with Crippen molar-refractivity contribution in [1.29, 1.82) is 0 Å². The minimum Gasteiger partial charge on any atom is -0.386 e. The molecule has 0 saturated heterocycles. The molecule has 20 heavy (non-hydrogen) atoms. The zero-order valence-electron chi connectivity index (χ0n) is 11.4. The van der Waals surface area contributed by atoms with E-state index in [1.54, 1.807) is 0 Å². The Bertz CT molecular complexity index is 420. The van der Waals surface area contributed by atoms with Gasteiger partial charge in [0.2, 0.25) is 5.91 Å². The quantitative estimate of drug-likeness (QED) is 0.440. The van der Waals surface area contributed by atoms with E-state index in [9.17, 15) is 9.59 Å². The van der Waals surface area contributed by atoms with E-state index in [2.05, 4.69) is 15.2 Å². The Morgan fingerprint density at radius 2 is 2.05 bits per heavy atom. The van der Waals surface area contributed by atoms with E-state index in [1.807, 2.05) is 0 Å². The molecule has 0 radical (unpaired) electrons. The van der Waals surface area contributed by atoms with Crippen LogP contribution < -0.4 is 22.5 Å². The third-order valence-corrected chi connectivity index (χ3v) is 3.73. The van der Waals surface area contributed by atoms with Crippen molar-refractivity contribution in [2.75, 3.05) is 13.1 Å². The van der Waals surface area contributed by atoms with Gasteiger partial charge in [-0.1, -0.05) is 0 Å². The number of rotatable bonds is 6. The first-order chi connectivity index (χ1) is 9.49. The van der Waals surface area contributed by atoms with Crippen LogP contribution in [0.15, 0.2) is 4.99 Å². The molecular formula is C12H22N6O2. The van der Waals surface area contributed by atoms with Crippen LogP contribution in [0.1, 0.15) is 25.7 Å². The molecule has 2 atom stereocenters. The lowest BCUT2D eigenvalue weighted by Gasteiger charge is -2.36. The fourth-order valence-electron chi connectivity index (χ4n) is 2.59. The number of nitrogens with zero attached hydrogens (tertiary/aromatic N) is 2. The summed E-state index contributed by atoms with van der Waals surface area (Å²) in [7, 11) is 0. The van der Waals surface area contributed by atoms with E-state index in [4.69, 9.17) is 17.2 Å². The largest absolute Gasteiger partial charge is 0.386 e. The van der Waals surface area contributed by atoms with Crippen molar-refractivity contribution in [3.8, 4) is 0 Å². The molecule has 7 N–H and O–H groups in total. The monoisotopic (exact) mass is 282 g/mol. The molecule has 3 amide bonds. The fraction of sp³-hybridized carbons (Fsp3) is 0.750. The Hall–Kier alpha value is -1.83. The normalized spacial score (nSPS) is 26.9. The van der Waals surface area contributed by atoms with E-state index in [0.29, 0.717) is 25.0 Å². The van der Waals surface area contributed by atoms with Crippen LogP contribution >= 0.6 is 0 Å². The maximum absolute atomic E-state index is 11.3. The van der Waals surface area contributed by atoms with Gasteiger partial charge in [-0.05, 0) is 25.7 Å². The Morgan fingerprint density at radius 3 is 2.60 bits per heavy atom. The molecule has 1 fully saturated rings. The smallest absolute Gasteiger partial charge is 0.312 e. The van der Waals surface area contributed by atoms with Gasteiger partial charge in [-0.15, -0.1) is 0 Å². The highest BCUT2D eigenvalue weighted by Gasteiger charge is 2.40. The first-order valence-corrected chi connectivity index (χ1v) is 6.90. The predicted octanol–water partition coefficient (Wildman–Crippen LogP) is -1.51. The molecule has 0 spiro atoms. The molecule has 1 heterocycles. The molecule has 8 heteroatoms. The van der Waals surface area contributed by atoms with Crippen LogP contribution in [0.2, 0.25) is 0 Å². The van der Waals surface area contributed by atoms with Crippen molar-refractivity contribution in [2.45, 2.75) is 43.8 Å². The Balaban J connectivity index is 1.95. The molecule has 0 unspecified atom stereocenters. The number of amidine groups is 1. The summed E-state index contributed by atoms with van der Waals surface area (Å²) in [5.74, 6) is 0.0264. The summed E-state index contributed by atoms with van der Waals surface area (Å²) in [5.41, 5.74) is 16.3. The average molecular weight is 282 g/mol. The molecule has 0 aromatic rings. The average Bonchev–Trinajstić information content (AvgIpc) is 3.19. The molecule has 0 aromatic heterocycles. The van der Waals surface area contributed by atoms with Gasteiger partial charge in [0.25, 0.3) is 0 Å². The molecular weight excluding hydrogens is 260 g/mol. The van der Waals surface area contributed by atoms with E-state index in [0.717, 1.165) is 25.7 Å². The van der Waals surface area contributed by atoms with Crippen molar-refractivity contribution in [3.63, 3.8) is 0 Å². The first-order valence-electron chi connectivity index (χ1n) is 6.90. The van der Waals surface area contributed by atoms with Gasteiger partial charge in [0.1, 0.15) is 11.9 Å². The summed E-state index contributed by atoms with van der Waals surface area (Å²) in [6, 6.07) is -0.577. The first kappa shape index (κ1) is 14.6. The molecule has 2 aliphatic rings. The zero-order chi connectivity index (χ0) is 14.7. The lowest BCUT2D eigenvalue weighted by atomic mass is 10.0. The van der Waals surface area contributed by atoms with E-state index >= 15 is 0 Å². The topological polar surface area (TPSA) is 140 Å². The number of aliphatic imine (C=N–C) groups is 1. The van der Waals surface area contributed by atoms with Crippen LogP contribution in [0.4, 0.5) is 4.79 Å². The fourth-order valence-corrected chi connectivity index (χ4v) is 2.59. The van der Waals surface area contributed by atoms with Gasteiger partial charge < -0.3 is 22.5 Å². The van der Waals surface area contributed by atoms with Crippen molar-refractivity contribution in [1.82, 2.24) is 10.2 Å². The third kappa shape index (κ3) is 3.60. The standard InChI is InChI=1S/C12H22N6O2/c13-10-9(2-1-5-16-12(15)20)18(7-3-4-7)6-8(17-10)11(14)19/h7-9H,1-6H2,(H2,13,17)(H2,14,19)(H3,15,16,20)/t8-,9+/m1/s1. The number of carbonyl (C=O) groups excluding carboxylic acids is 2. The zero-order valence-corrected chi connectivity index (χ0v) is 11.4. The van der Waals surface area contributed by atoms with Gasteiger partial charge in [-0.3, -0.25) is 14.7 Å². The van der Waals surface area contributed by atoms with Gasteiger partial charge in [0, 0.05) is 19.1 Å². The van der Waals surface area contributed by atoms with Gasteiger partial charge in [-0.25, -0.2) is 4.79 Å². The highest BCUT2D eigenvalue weighted by Crippen LogP contribution is 2.31. The highest BCUT2D eigenvalue weighted by atomic mass is 16.2. The maximum atomic E-state index is 11.3. The number of nitrogens with one attached hydrogen (secondary N) is 1. The summed E-state index contributed by atoms with van der Waals surface area (Å²) in [5, 5.41) is 2.55. The van der Waals surface area contributed by atoms with Crippen LogP contribution in [0, 0.1) is 0 Å². The van der Waals surface area contributed by atoms with Gasteiger partial charge in [0.15, 0.2) is 0 Å². The van der Waals surface area contributed by atoms with Crippen LogP contribution in [-0.2, 0) is 4.79 Å². The minimum absolute atomic E-state index is 0.0211. The second-order valence-corrected chi connectivity index (χ2v) is 5.35. The number of hydrogen-bond acceptors (Lipinski definition) is 5. The number of urea groups is 1. The van der Waals surface area contributed by atoms with Crippen LogP contribution in [0.25, 0.3) is 0 Å². The van der Waals surface area contributed by atoms with Crippen molar-refractivity contribution in [2.24, 2.45) is 22.2 Å². The lowest BCUT2D eigenvalue weighted by molar-refractivity contribution is -0.119. The molecule has 8 nitrogen and oxygen atoms in total. The van der Waals surface area contributed by atoms with Crippen molar-refractivity contribution < 1.29 is 9.59 Å². The molecule has 1 saturated carbocycles. The second kappa shape index (κ2) is 6.08. The molecule has 112 valence electrons. The number of primary amides is 2. The summed E-state index contributed by atoms with van der Waals surface area (Å²) in [6.07, 6.45) is 3.77. The van der Waals surface area contributed by atoms with Crippen LogP contribution in [-0.4, -0.2) is 53.9 Å². The Morgan fingerprint density at radius 1 is 1.35 bits per heavy atom. The maximum Gasteiger partial charge on any atom is 0.312 e. The van der Waals surface area contributed by atoms with E-state index in [1.165, 1.54) is 0 Å². The molecule has 0 aromatic carbocycles. The number of hydrogen-bond donors (Lipinski definition) is 4. The van der Waals surface area contributed by atoms with Gasteiger partial charge >= 0.3 is 6.03 Å². The third-order valence-electron chi connectivity index (χ3n) is 3.73. The highest BCUT2D eigenvalue weighted by molar-refractivity contribution is 5.91. The summed E-state index contributed by atoms with van der Waals surface area (Å²) < 4.78 is 0. The van der Waals surface area contributed by atoms with Gasteiger partial charge in [-0.2, -0.15) is 0 Å². The Kier molecular flexibility index (Phi) is 4.43.